The molecule has 2 rings (SSSR count). The summed E-state index contributed by atoms with van der Waals surface area (Å²) < 4.78 is 9.97. The van der Waals surface area contributed by atoms with Crippen LogP contribution in [0, 0.1) is 0 Å². The van der Waals surface area contributed by atoms with Gasteiger partial charge in [0.1, 0.15) is 11.8 Å². The van der Waals surface area contributed by atoms with Crippen LogP contribution in [0.15, 0.2) is 24.3 Å². The summed E-state index contributed by atoms with van der Waals surface area (Å²) in [5.74, 6) is 1.39. The fourth-order valence-electron chi connectivity index (χ4n) is 2.20. The second-order valence-corrected chi connectivity index (χ2v) is 5.94. The van der Waals surface area contributed by atoms with E-state index in [1.54, 1.807) is 18.9 Å². The summed E-state index contributed by atoms with van der Waals surface area (Å²) in [5, 5.41) is 3.78. The lowest BCUT2D eigenvalue weighted by Crippen LogP contribution is -2.48. The maximum Gasteiger partial charge on any atom is 0.323 e. The number of esters is 1. The van der Waals surface area contributed by atoms with Crippen LogP contribution in [0.1, 0.15) is 18.5 Å². The molecule has 0 saturated carbocycles. The van der Waals surface area contributed by atoms with Crippen molar-refractivity contribution in [2.24, 2.45) is 0 Å². The molecule has 1 fully saturated rings. The van der Waals surface area contributed by atoms with Crippen LogP contribution in [-0.2, 0) is 9.53 Å². The Labute approximate surface area is 117 Å². The number of ether oxygens (including phenoxy) is 2. The van der Waals surface area contributed by atoms with E-state index >= 15 is 0 Å². The lowest BCUT2D eigenvalue weighted by molar-refractivity contribution is -0.142. The van der Waals surface area contributed by atoms with Gasteiger partial charge in [-0.15, -0.1) is 0 Å². The third kappa shape index (κ3) is 3.22. The number of benzene rings is 1. The highest BCUT2D eigenvalue weighted by Gasteiger charge is 2.32. The molecule has 1 heterocycles. The van der Waals surface area contributed by atoms with Gasteiger partial charge in [0.25, 0.3) is 0 Å². The Bertz CT molecular complexity index is 435. The monoisotopic (exact) mass is 281 g/mol. The minimum Gasteiger partial charge on any atom is -0.497 e. The van der Waals surface area contributed by atoms with Crippen molar-refractivity contribution in [3.63, 3.8) is 0 Å². The molecule has 1 aromatic rings. The molecule has 0 aromatic heterocycles. The molecule has 1 saturated heterocycles. The van der Waals surface area contributed by atoms with E-state index in [1.165, 1.54) is 7.11 Å². The van der Waals surface area contributed by atoms with Crippen molar-refractivity contribution in [3.8, 4) is 5.75 Å². The summed E-state index contributed by atoms with van der Waals surface area (Å²) >= 11 is 1.79. The van der Waals surface area contributed by atoms with E-state index in [1.807, 2.05) is 24.3 Å². The van der Waals surface area contributed by atoms with E-state index in [2.05, 4.69) is 12.2 Å². The molecule has 1 aliphatic heterocycles. The van der Waals surface area contributed by atoms with Gasteiger partial charge in [0.05, 0.1) is 14.2 Å². The van der Waals surface area contributed by atoms with Crippen molar-refractivity contribution in [2.45, 2.75) is 24.3 Å². The molecule has 1 N–H and O–H groups in total. The number of nitrogens with one attached hydrogen (secondary N) is 1. The Morgan fingerprint density at radius 2 is 2.00 bits per heavy atom. The molecular formula is C14H19NO3S. The lowest BCUT2D eigenvalue weighted by atomic mass is 10.0. The lowest BCUT2D eigenvalue weighted by Gasteiger charge is -2.34. The van der Waals surface area contributed by atoms with Gasteiger partial charge in [-0.1, -0.05) is 19.1 Å². The van der Waals surface area contributed by atoms with E-state index < -0.39 is 0 Å². The van der Waals surface area contributed by atoms with Gasteiger partial charge in [-0.2, -0.15) is 11.8 Å². The van der Waals surface area contributed by atoms with E-state index in [9.17, 15) is 4.79 Å². The Morgan fingerprint density at radius 3 is 2.58 bits per heavy atom. The quantitative estimate of drug-likeness (QED) is 0.859. The van der Waals surface area contributed by atoms with E-state index in [0.717, 1.165) is 17.1 Å². The molecule has 3 atom stereocenters. The standard InChI is InChI=1S/C14H19NO3S/c1-9-13(10-4-6-11(17-2)7-5-10)15-12(8-19-9)14(16)18-3/h4-7,9,12-13,15H,8H2,1-3H3. The zero-order chi connectivity index (χ0) is 13.8. The Hall–Kier alpha value is -1.20. The molecule has 0 spiro atoms. The van der Waals surface area contributed by atoms with Gasteiger partial charge >= 0.3 is 5.97 Å². The number of hydrogen-bond acceptors (Lipinski definition) is 5. The number of thioether (sulfide) groups is 1. The topological polar surface area (TPSA) is 47.6 Å². The molecule has 0 aliphatic carbocycles. The number of carbonyl (C=O) groups is 1. The molecule has 104 valence electrons. The first-order chi connectivity index (χ1) is 9.15. The van der Waals surface area contributed by atoms with Crippen LogP contribution in [0.4, 0.5) is 0 Å². The Balaban J connectivity index is 2.13. The van der Waals surface area contributed by atoms with Crippen molar-refractivity contribution in [1.29, 1.82) is 0 Å². The van der Waals surface area contributed by atoms with Gasteiger partial charge in [0.15, 0.2) is 0 Å². The normalized spacial score (nSPS) is 26.8. The first kappa shape index (κ1) is 14.2. The molecule has 3 unspecified atom stereocenters. The molecular weight excluding hydrogens is 262 g/mol. The Morgan fingerprint density at radius 1 is 1.32 bits per heavy atom. The summed E-state index contributed by atoms with van der Waals surface area (Å²) in [4.78, 5) is 11.6. The summed E-state index contributed by atoms with van der Waals surface area (Å²) in [6.45, 7) is 2.17. The third-order valence-electron chi connectivity index (χ3n) is 3.34. The SMILES string of the molecule is COC(=O)C1CSC(C)C(c2ccc(OC)cc2)N1. The summed E-state index contributed by atoms with van der Waals surface area (Å²) in [6, 6.07) is 7.86. The highest BCUT2D eigenvalue weighted by Crippen LogP contribution is 2.32. The number of methoxy groups -OCH3 is 2. The fourth-order valence-corrected chi connectivity index (χ4v) is 3.36. The van der Waals surface area contributed by atoms with E-state index in [0.29, 0.717) is 5.25 Å². The second-order valence-electron chi connectivity index (χ2n) is 4.53. The number of hydrogen-bond donors (Lipinski definition) is 1. The summed E-state index contributed by atoms with van der Waals surface area (Å²) in [6.07, 6.45) is 0. The second kappa shape index (κ2) is 6.30. The van der Waals surface area contributed by atoms with Crippen LogP contribution in [0.5, 0.6) is 5.75 Å². The predicted octanol–water partition coefficient (Wildman–Crippen LogP) is 2.00. The van der Waals surface area contributed by atoms with Gasteiger partial charge in [-0.05, 0) is 17.7 Å². The molecule has 0 amide bonds. The van der Waals surface area contributed by atoms with Crippen molar-refractivity contribution in [1.82, 2.24) is 5.32 Å². The molecule has 0 bridgehead atoms. The van der Waals surface area contributed by atoms with Crippen molar-refractivity contribution < 1.29 is 14.3 Å². The van der Waals surface area contributed by atoms with E-state index in [-0.39, 0.29) is 18.1 Å². The minimum absolute atomic E-state index is 0.147. The molecule has 4 nitrogen and oxygen atoms in total. The van der Waals surface area contributed by atoms with E-state index in [4.69, 9.17) is 9.47 Å². The Kier molecular flexibility index (Phi) is 4.71. The first-order valence-electron chi connectivity index (χ1n) is 6.25. The van der Waals surface area contributed by atoms with Gasteiger partial charge in [0, 0.05) is 17.0 Å². The highest BCUT2D eigenvalue weighted by molar-refractivity contribution is 8.00. The first-order valence-corrected chi connectivity index (χ1v) is 7.30. The van der Waals surface area contributed by atoms with Crippen molar-refractivity contribution in [3.05, 3.63) is 29.8 Å². The zero-order valence-electron chi connectivity index (χ0n) is 11.4. The van der Waals surface area contributed by atoms with Crippen LogP contribution < -0.4 is 10.1 Å². The van der Waals surface area contributed by atoms with Crippen LogP contribution in [-0.4, -0.2) is 37.2 Å². The molecule has 1 aliphatic rings. The average molecular weight is 281 g/mol. The third-order valence-corrected chi connectivity index (χ3v) is 4.66. The molecule has 19 heavy (non-hydrogen) atoms. The molecule has 5 heteroatoms. The van der Waals surface area contributed by atoms with Crippen LogP contribution >= 0.6 is 11.8 Å². The van der Waals surface area contributed by atoms with Gasteiger partial charge < -0.3 is 9.47 Å². The molecule has 0 radical (unpaired) electrons. The minimum atomic E-state index is -0.238. The van der Waals surface area contributed by atoms with Crippen LogP contribution in [0.3, 0.4) is 0 Å². The largest absolute Gasteiger partial charge is 0.497 e. The number of rotatable bonds is 3. The highest BCUT2D eigenvalue weighted by atomic mass is 32.2. The number of carbonyl (C=O) groups excluding carboxylic acids is 1. The van der Waals surface area contributed by atoms with Gasteiger partial charge in [-0.25, -0.2) is 0 Å². The van der Waals surface area contributed by atoms with Crippen LogP contribution in [0.25, 0.3) is 0 Å². The van der Waals surface area contributed by atoms with Gasteiger partial charge in [-0.3, -0.25) is 10.1 Å². The molecule has 1 aromatic carbocycles. The summed E-state index contributed by atoms with van der Waals surface area (Å²) in [5.41, 5.74) is 1.16. The maximum absolute atomic E-state index is 11.6. The van der Waals surface area contributed by atoms with Gasteiger partial charge in [0.2, 0.25) is 0 Å². The predicted molar refractivity (Wildman–Crippen MR) is 76.6 cm³/mol. The summed E-state index contributed by atoms with van der Waals surface area (Å²) in [7, 11) is 3.08. The average Bonchev–Trinajstić information content (AvgIpc) is 2.47. The maximum atomic E-state index is 11.6. The van der Waals surface area contributed by atoms with Crippen molar-refractivity contribution >= 4 is 17.7 Å². The fraction of sp³-hybridized carbons (Fsp3) is 0.500. The van der Waals surface area contributed by atoms with Crippen LogP contribution in [0.2, 0.25) is 0 Å². The van der Waals surface area contributed by atoms with Crippen molar-refractivity contribution in [2.75, 3.05) is 20.0 Å². The smallest absolute Gasteiger partial charge is 0.323 e. The zero-order valence-corrected chi connectivity index (χ0v) is 12.2.